The molecule has 0 amide bonds. The highest BCUT2D eigenvalue weighted by Gasteiger charge is 2.24. The van der Waals surface area contributed by atoms with Crippen molar-refractivity contribution >= 4 is 11.6 Å². The highest BCUT2D eigenvalue weighted by atomic mass is 35.5. The minimum absolute atomic E-state index is 0.387. The van der Waals surface area contributed by atoms with Gasteiger partial charge in [0.05, 0.1) is 0 Å². The first-order valence-electron chi connectivity index (χ1n) is 7.78. The summed E-state index contributed by atoms with van der Waals surface area (Å²) in [6.07, 6.45) is 3.85. The molecule has 1 aromatic carbocycles. The lowest BCUT2D eigenvalue weighted by atomic mass is 9.91. The standard InChI is InChI=1S/C17H27ClN2/c1-13-6-5-10-20(14(13)2)11-9-17(19-3)15-7-4-8-16(18)12-15/h4,7-8,12-14,17,19H,5-6,9-11H2,1-3H3. The van der Waals surface area contributed by atoms with Gasteiger partial charge >= 0.3 is 0 Å². The van der Waals surface area contributed by atoms with E-state index >= 15 is 0 Å². The Morgan fingerprint density at radius 3 is 2.90 bits per heavy atom. The summed E-state index contributed by atoms with van der Waals surface area (Å²) in [5.41, 5.74) is 1.29. The third kappa shape index (κ3) is 3.97. The number of likely N-dealkylation sites (tertiary alicyclic amines) is 1. The van der Waals surface area contributed by atoms with E-state index in [2.05, 4.69) is 36.2 Å². The third-order valence-corrected chi connectivity index (χ3v) is 5.04. The molecule has 20 heavy (non-hydrogen) atoms. The normalized spacial score (nSPS) is 25.6. The van der Waals surface area contributed by atoms with E-state index in [9.17, 15) is 0 Å². The molecular weight excluding hydrogens is 268 g/mol. The van der Waals surface area contributed by atoms with E-state index in [-0.39, 0.29) is 0 Å². The van der Waals surface area contributed by atoms with Crippen LogP contribution >= 0.6 is 11.6 Å². The molecule has 112 valence electrons. The maximum absolute atomic E-state index is 6.10. The highest BCUT2D eigenvalue weighted by Crippen LogP contribution is 2.25. The van der Waals surface area contributed by atoms with Crippen LogP contribution in [0.3, 0.4) is 0 Å². The quantitative estimate of drug-likeness (QED) is 0.879. The van der Waals surface area contributed by atoms with Crippen LogP contribution in [0.25, 0.3) is 0 Å². The molecule has 2 rings (SSSR count). The molecule has 2 nitrogen and oxygen atoms in total. The monoisotopic (exact) mass is 294 g/mol. The molecule has 3 atom stereocenters. The van der Waals surface area contributed by atoms with Gasteiger partial charge in [-0.3, -0.25) is 0 Å². The summed E-state index contributed by atoms with van der Waals surface area (Å²) in [4.78, 5) is 2.64. The van der Waals surface area contributed by atoms with Gasteiger partial charge in [0.25, 0.3) is 0 Å². The molecule has 1 saturated heterocycles. The fourth-order valence-corrected chi connectivity index (χ4v) is 3.43. The zero-order valence-corrected chi connectivity index (χ0v) is 13.7. The summed E-state index contributed by atoms with van der Waals surface area (Å²) in [5, 5.41) is 4.25. The Hall–Kier alpha value is -0.570. The van der Waals surface area contributed by atoms with Crippen LogP contribution in [0.1, 0.15) is 44.7 Å². The van der Waals surface area contributed by atoms with Crippen LogP contribution in [0.15, 0.2) is 24.3 Å². The van der Waals surface area contributed by atoms with Crippen LogP contribution in [0.4, 0.5) is 0 Å². The summed E-state index contributed by atoms with van der Waals surface area (Å²) < 4.78 is 0. The van der Waals surface area contributed by atoms with Gasteiger partial charge in [0.1, 0.15) is 0 Å². The SMILES string of the molecule is CNC(CCN1CCCC(C)C1C)c1cccc(Cl)c1. The molecule has 3 heteroatoms. The van der Waals surface area contributed by atoms with E-state index in [1.807, 2.05) is 19.2 Å². The molecule has 0 spiro atoms. The van der Waals surface area contributed by atoms with Gasteiger partial charge in [-0.25, -0.2) is 0 Å². The summed E-state index contributed by atoms with van der Waals surface area (Å²) in [6.45, 7) is 7.15. The third-order valence-electron chi connectivity index (χ3n) is 4.81. The predicted octanol–water partition coefficient (Wildman–Crippen LogP) is 4.11. The number of hydrogen-bond donors (Lipinski definition) is 1. The second-order valence-corrected chi connectivity index (χ2v) is 6.52. The van der Waals surface area contributed by atoms with E-state index in [0.717, 1.165) is 23.9 Å². The van der Waals surface area contributed by atoms with Gasteiger partial charge in [0.2, 0.25) is 0 Å². The molecule has 1 aromatic rings. The van der Waals surface area contributed by atoms with Crippen molar-refractivity contribution < 1.29 is 0 Å². The highest BCUT2D eigenvalue weighted by molar-refractivity contribution is 6.30. The Morgan fingerprint density at radius 2 is 2.20 bits per heavy atom. The number of benzene rings is 1. The maximum atomic E-state index is 6.10. The second-order valence-electron chi connectivity index (χ2n) is 6.08. The van der Waals surface area contributed by atoms with Gasteiger partial charge < -0.3 is 10.2 Å². The first-order chi connectivity index (χ1) is 9.61. The largest absolute Gasteiger partial charge is 0.313 e. The molecule has 1 fully saturated rings. The molecule has 3 unspecified atom stereocenters. The fraction of sp³-hybridized carbons (Fsp3) is 0.647. The molecule has 0 bridgehead atoms. The molecule has 0 aromatic heterocycles. The number of hydrogen-bond acceptors (Lipinski definition) is 2. The lowest BCUT2D eigenvalue weighted by molar-refractivity contribution is 0.109. The van der Waals surface area contributed by atoms with Crippen LogP contribution in [0.5, 0.6) is 0 Å². The van der Waals surface area contributed by atoms with Gasteiger partial charge in [-0.2, -0.15) is 0 Å². The zero-order valence-electron chi connectivity index (χ0n) is 12.9. The van der Waals surface area contributed by atoms with E-state index in [0.29, 0.717) is 12.1 Å². The maximum Gasteiger partial charge on any atom is 0.0409 e. The van der Waals surface area contributed by atoms with Gasteiger partial charge in [0, 0.05) is 23.7 Å². The number of rotatable bonds is 5. The molecule has 1 aliphatic rings. The van der Waals surface area contributed by atoms with Crippen molar-refractivity contribution in [1.29, 1.82) is 0 Å². The van der Waals surface area contributed by atoms with Crippen LogP contribution in [0.2, 0.25) is 5.02 Å². The molecule has 0 aliphatic carbocycles. The Kier molecular flexibility index (Phi) is 5.88. The van der Waals surface area contributed by atoms with Gasteiger partial charge in [0.15, 0.2) is 0 Å². The van der Waals surface area contributed by atoms with Gasteiger partial charge in [-0.1, -0.05) is 30.7 Å². The Balaban J connectivity index is 1.94. The molecule has 1 heterocycles. The smallest absolute Gasteiger partial charge is 0.0409 e. The van der Waals surface area contributed by atoms with Crippen molar-refractivity contribution in [2.75, 3.05) is 20.1 Å². The van der Waals surface area contributed by atoms with E-state index in [1.54, 1.807) is 0 Å². The van der Waals surface area contributed by atoms with Crippen molar-refractivity contribution in [1.82, 2.24) is 10.2 Å². The Bertz CT molecular complexity index is 421. The van der Waals surface area contributed by atoms with Crippen molar-refractivity contribution in [3.05, 3.63) is 34.9 Å². The van der Waals surface area contributed by atoms with Crippen molar-refractivity contribution in [2.24, 2.45) is 5.92 Å². The number of piperidine rings is 1. The molecule has 0 saturated carbocycles. The van der Waals surface area contributed by atoms with E-state index in [4.69, 9.17) is 11.6 Å². The number of nitrogens with one attached hydrogen (secondary N) is 1. The van der Waals surface area contributed by atoms with E-state index in [1.165, 1.54) is 24.9 Å². The lowest BCUT2D eigenvalue weighted by Gasteiger charge is -2.38. The summed E-state index contributed by atoms with van der Waals surface area (Å²) in [5.74, 6) is 0.822. The van der Waals surface area contributed by atoms with Gasteiger partial charge in [-0.05, 0) is 63.4 Å². The molecule has 1 aliphatic heterocycles. The second kappa shape index (κ2) is 7.44. The lowest BCUT2D eigenvalue weighted by Crippen LogP contribution is -2.43. The fourth-order valence-electron chi connectivity index (χ4n) is 3.23. The minimum atomic E-state index is 0.387. The summed E-state index contributed by atoms with van der Waals surface area (Å²) in [7, 11) is 2.04. The van der Waals surface area contributed by atoms with Crippen molar-refractivity contribution in [3.8, 4) is 0 Å². The van der Waals surface area contributed by atoms with Crippen LogP contribution in [0, 0.1) is 5.92 Å². The molecule has 0 radical (unpaired) electrons. The topological polar surface area (TPSA) is 15.3 Å². The van der Waals surface area contributed by atoms with Crippen molar-refractivity contribution in [3.63, 3.8) is 0 Å². The predicted molar refractivity (Wildman–Crippen MR) is 87.3 cm³/mol. The average molecular weight is 295 g/mol. The minimum Gasteiger partial charge on any atom is -0.313 e. The molecule has 1 N–H and O–H groups in total. The number of nitrogens with zero attached hydrogens (tertiary/aromatic N) is 1. The Labute approximate surface area is 128 Å². The summed E-state index contributed by atoms with van der Waals surface area (Å²) >= 11 is 6.10. The Morgan fingerprint density at radius 1 is 1.40 bits per heavy atom. The van der Waals surface area contributed by atoms with E-state index < -0.39 is 0 Å². The number of halogens is 1. The average Bonchev–Trinajstić information content (AvgIpc) is 2.44. The first-order valence-corrected chi connectivity index (χ1v) is 8.16. The van der Waals surface area contributed by atoms with Gasteiger partial charge in [-0.15, -0.1) is 0 Å². The van der Waals surface area contributed by atoms with Crippen LogP contribution in [-0.2, 0) is 0 Å². The molecular formula is C17H27ClN2. The van der Waals surface area contributed by atoms with Crippen molar-refractivity contribution in [2.45, 2.75) is 45.2 Å². The van der Waals surface area contributed by atoms with Crippen LogP contribution in [-0.4, -0.2) is 31.1 Å². The zero-order chi connectivity index (χ0) is 14.5. The van der Waals surface area contributed by atoms with Crippen LogP contribution < -0.4 is 5.32 Å². The summed E-state index contributed by atoms with van der Waals surface area (Å²) in [6, 6.07) is 9.30. The first kappa shape index (κ1) is 15.8.